The zero-order chi connectivity index (χ0) is 15.0. The third kappa shape index (κ3) is 4.63. The van der Waals surface area contributed by atoms with Gasteiger partial charge in [0.1, 0.15) is 18.3 Å². The monoisotopic (exact) mass is 314 g/mol. The Kier molecular flexibility index (Phi) is 4.41. The Hall–Kier alpha value is -0.240. The summed E-state index contributed by atoms with van der Waals surface area (Å²) in [5.74, 6) is 0. The van der Waals surface area contributed by atoms with Crippen LogP contribution in [0.25, 0.3) is 0 Å². The van der Waals surface area contributed by atoms with E-state index in [2.05, 4.69) is 6.92 Å². The summed E-state index contributed by atoms with van der Waals surface area (Å²) in [6.45, 7) is 6.71. The van der Waals surface area contributed by atoms with Gasteiger partial charge in [-0.05, 0) is 13.3 Å². The van der Waals surface area contributed by atoms with Crippen molar-refractivity contribution >= 4 is 0 Å². The van der Waals surface area contributed by atoms with Crippen molar-refractivity contribution in [1.29, 1.82) is 0 Å². The van der Waals surface area contributed by atoms with Crippen molar-refractivity contribution in [3.8, 4) is 0 Å². The molecule has 126 valence electrons. The van der Waals surface area contributed by atoms with Gasteiger partial charge in [-0.2, -0.15) is 0 Å². The van der Waals surface area contributed by atoms with Gasteiger partial charge in [-0.15, -0.1) is 0 Å². The molecule has 0 aromatic carbocycles. The molecule has 4 rings (SSSR count). The van der Waals surface area contributed by atoms with E-state index in [1.54, 1.807) is 0 Å². The highest BCUT2D eigenvalue weighted by atomic mass is 16.6. The van der Waals surface area contributed by atoms with Gasteiger partial charge >= 0.3 is 0 Å². The molecule has 0 spiro atoms. The molecule has 1 aliphatic carbocycles. The number of ether oxygens (including phenoxy) is 6. The van der Waals surface area contributed by atoms with Crippen molar-refractivity contribution < 1.29 is 28.4 Å². The van der Waals surface area contributed by atoms with Crippen LogP contribution in [0.15, 0.2) is 0 Å². The summed E-state index contributed by atoms with van der Waals surface area (Å²) in [6, 6.07) is 0. The first-order valence-electron chi connectivity index (χ1n) is 8.40. The summed E-state index contributed by atoms with van der Waals surface area (Å²) < 4.78 is 33.9. The normalized spacial score (nSPS) is 46.5. The second-order valence-electron chi connectivity index (χ2n) is 7.18. The molecule has 0 bridgehead atoms. The smallest absolute Gasteiger partial charge is 0.104 e. The van der Waals surface area contributed by atoms with Gasteiger partial charge in [0.15, 0.2) is 0 Å². The summed E-state index contributed by atoms with van der Waals surface area (Å²) in [4.78, 5) is 0. The molecule has 4 aliphatic rings. The predicted molar refractivity (Wildman–Crippen MR) is 76.9 cm³/mol. The summed E-state index contributed by atoms with van der Waals surface area (Å²) in [5.41, 5.74) is -0.200. The number of epoxide rings is 3. The first-order chi connectivity index (χ1) is 10.7. The maximum Gasteiger partial charge on any atom is 0.104 e. The van der Waals surface area contributed by atoms with Crippen LogP contribution in [0.4, 0.5) is 0 Å². The maximum atomic E-state index is 6.15. The first-order valence-corrected chi connectivity index (χ1v) is 8.40. The van der Waals surface area contributed by atoms with Crippen LogP contribution in [0.5, 0.6) is 0 Å². The molecule has 0 aromatic heterocycles. The lowest BCUT2D eigenvalue weighted by atomic mass is 9.82. The standard InChI is InChI=1S/C16H26O6/c1-16(22-10-15-9-21-15)3-11(17-5-13-7-19-13)2-12(4-16)18-6-14-8-20-14/h11-15H,2-10H2,1H3. The van der Waals surface area contributed by atoms with Crippen LogP contribution in [0.2, 0.25) is 0 Å². The predicted octanol–water partition coefficient (Wildman–Crippen LogP) is 0.912. The van der Waals surface area contributed by atoms with E-state index >= 15 is 0 Å². The molecule has 0 aromatic rings. The number of rotatable bonds is 9. The maximum absolute atomic E-state index is 6.15. The summed E-state index contributed by atoms with van der Waals surface area (Å²) in [6.07, 6.45) is 3.98. The highest BCUT2D eigenvalue weighted by Gasteiger charge is 2.41. The van der Waals surface area contributed by atoms with Gasteiger partial charge < -0.3 is 28.4 Å². The molecule has 0 radical (unpaired) electrons. The average molecular weight is 314 g/mol. The Labute approximate surface area is 131 Å². The Morgan fingerprint density at radius 1 is 0.818 bits per heavy atom. The minimum atomic E-state index is -0.200. The van der Waals surface area contributed by atoms with Gasteiger partial charge in [0.25, 0.3) is 0 Å². The summed E-state index contributed by atoms with van der Waals surface area (Å²) in [5, 5.41) is 0. The van der Waals surface area contributed by atoms with Crippen LogP contribution in [-0.4, -0.2) is 75.8 Å². The Bertz CT molecular complexity index is 353. The Morgan fingerprint density at radius 2 is 1.27 bits per heavy atom. The van der Waals surface area contributed by atoms with Gasteiger partial charge in [0, 0.05) is 12.8 Å². The summed E-state index contributed by atoms with van der Waals surface area (Å²) >= 11 is 0. The molecule has 4 fully saturated rings. The van der Waals surface area contributed by atoms with E-state index in [0.717, 1.165) is 39.1 Å². The Morgan fingerprint density at radius 3 is 1.73 bits per heavy atom. The van der Waals surface area contributed by atoms with Crippen LogP contribution in [0.3, 0.4) is 0 Å². The molecule has 3 aliphatic heterocycles. The van der Waals surface area contributed by atoms with Gasteiger partial charge in [0.2, 0.25) is 0 Å². The third-order valence-corrected chi connectivity index (χ3v) is 4.71. The first kappa shape index (κ1) is 15.3. The molecule has 5 unspecified atom stereocenters. The molecule has 0 amide bonds. The highest BCUT2D eigenvalue weighted by molar-refractivity contribution is 4.91. The number of hydrogen-bond acceptors (Lipinski definition) is 6. The van der Waals surface area contributed by atoms with Crippen LogP contribution in [0, 0.1) is 0 Å². The lowest BCUT2D eigenvalue weighted by molar-refractivity contribution is -0.149. The largest absolute Gasteiger partial charge is 0.375 e. The Balaban J connectivity index is 1.30. The SMILES string of the molecule is CC1(OCC2CO2)CC(OCC2CO2)CC(OCC2CO2)C1. The van der Waals surface area contributed by atoms with Crippen LogP contribution in [0.1, 0.15) is 26.2 Å². The molecule has 5 atom stereocenters. The minimum Gasteiger partial charge on any atom is -0.375 e. The van der Waals surface area contributed by atoms with E-state index in [-0.39, 0.29) is 23.9 Å². The second kappa shape index (κ2) is 6.34. The minimum absolute atomic E-state index is 0.174. The summed E-state index contributed by atoms with van der Waals surface area (Å²) in [7, 11) is 0. The van der Waals surface area contributed by atoms with Crippen molar-refractivity contribution in [2.24, 2.45) is 0 Å². The fourth-order valence-corrected chi connectivity index (χ4v) is 3.15. The molecule has 6 nitrogen and oxygen atoms in total. The lowest BCUT2D eigenvalue weighted by Crippen LogP contribution is -2.46. The van der Waals surface area contributed by atoms with Gasteiger partial charge in [-0.25, -0.2) is 0 Å². The fraction of sp³-hybridized carbons (Fsp3) is 1.00. The average Bonchev–Trinajstić information content (AvgIpc) is 3.39. The molecular weight excluding hydrogens is 288 g/mol. The second-order valence-corrected chi connectivity index (χ2v) is 7.18. The van der Waals surface area contributed by atoms with Crippen molar-refractivity contribution in [2.75, 3.05) is 39.6 Å². The highest BCUT2D eigenvalue weighted by Crippen LogP contribution is 2.36. The van der Waals surface area contributed by atoms with Crippen molar-refractivity contribution in [2.45, 2.75) is 62.3 Å². The van der Waals surface area contributed by atoms with E-state index in [9.17, 15) is 0 Å². The molecule has 3 saturated heterocycles. The van der Waals surface area contributed by atoms with E-state index < -0.39 is 0 Å². The van der Waals surface area contributed by atoms with Crippen LogP contribution in [-0.2, 0) is 28.4 Å². The van der Waals surface area contributed by atoms with E-state index in [4.69, 9.17) is 28.4 Å². The molecular formula is C16H26O6. The van der Waals surface area contributed by atoms with Gasteiger partial charge in [-0.3, -0.25) is 0 Å². The van der Waals surface area contributed by atoms with Crippen LogP contribution >= 0.6 is 0 Å². The zero-order valence-electron chi connectivity index (χ0n) is 13.2. The van der Waals surface area contributed by atoms with Crippen molar-refractivity contribution in [1.82, 2.24) is 0 Å². The molecule has 3 heterocycles. The molecule has 6 heteroatoms. The topological polar surface area (TPSA) is 65.3 Å². The molecule has 1 saturated carbocycles. The van der Waals surface area contributed by atoms with E-state index in [0.29, 0.717) is 32.0 Å². The van der Waals surface area contributed by atoms with E-state index in [1.165, 1.54) is 0 Å². The quantitative estimate of drug-likeness (QED) is 0.590. The van der Waals surface area contributed by atoms with Gasteiger partial charge in [-0.1, -0.05) is 0 Å². The molecule has 22 heavy (non-hydrogen) atoms. The van der Waals surface area contributed by atoms with Crippen LogP contribution < -0.4 is 0 Å². The zero-order valence-corrected chi connectivity index (χ0v) is 13.2. The lowest BCUT2D eigenvalue weighted by Gasteiger charge is -2.41. The molecule has 0 N–H and O–H groups in total. The fourth-order valence-electron chi connectivity index (χ4n) is 3.15. The number of hydrogen-bond donors (Lipinski definition) is 0. The van der Waals surface area contributed by atoms with E-state index in [1.807, 2.05) is 0 Å². The van der Waals surface area contributed by atoms with Crippen molar-refractivity contribution in [3.05, 3.63) is 0 Å². The van der Waals surface area contributed by atoms with Gasteiger partial charge in [0.05, 0.1) is 57.5 Å². The third-order valence-electron chi connectivity index (χ3n) is 4.71. The van der Waals surface area contributed by atoms with Crippen molar-refractivity contribution in [3.63, 3.8) is 0 Å².